The van der Waals surface area contributed by atoms with Crippen molar-refractivity contribution in [3.05, 3.63) is 23.2 Å². The van der Waals surface area contributed by atoms with E-state index in [4.69, 9.17) is 11.6 Å². The van der Waals surface area contributed by atoms with E-state index in [0.717, 1.165) is 11.6 Å². The summed E-state index contributed by atoms with van der Waals surface area (Å²) in [6.45, 7) is 3.12. The maximum absolute atomic E-state index is 5.94. The van der Waals surface area contributed by atoms with Crippen molar-refractivity contribution >= 4 is 29.1 Å². The summed E-state index contributed by atoms with van der Waals surface area (Å²) in [4.78, 5) is 3.46. The Balaban J connectivity index is 3.07. The molecule has 13 heavy (non-hydrogen) atoms. The van der Waals surface area contributed by atoms with Crippen LogP contribution in [0.4, 0.5) is 5.69 Å². The van der Waals surface area contributed by atoms with Crippen molar-refractivity contribution in [3.8, 4) is 0 Å². The first-order valence-corrected chi connectivity index (χ1v) is 5.84. The smallest absolute Gasteiger partial charge is 0.0516 e. The Morgan fingerprint density at radius 3 is 2.69 bits per heavy atom. The van der Waals surface area contributed by atoms with Crippen molar-refractivity contribution in [2.75, 3.05) is 24.7 Å². The van der Waals surface area contributed by atoms with Gasteiger partial charge in [0.15, 0.2) is 0 Å². The third kappa shape index (κ3) is 2.55. The van der Waals surface area contributed by atoms with Crippen LogP contribution in [0.5, 0.6) is 0 Å². The lowest BCUT2D eigenvalue weighted by Gasteiger charge is -2.19. The molecule has 0 spiro atoms. The Bertz CT molecular complexity index is 288. The van der Waals surface area contributed by atoms with Crippen LogP contribution in [0.15, 0.2) is 23.1 Å². The molecule has 0 N–H and O–H groups in total. The van der Waals surface area contributed by atoms with Gasteiger partial charge < -0.3 is 4.90 Å². The van der Waals surface area contributed by atoms with Gasteiger partial charge in [0.05, 0.1) is 5.69 Å². The number of nitrogens with zero attached hydrogens (tertiary/aromatic N) is 1. The number of benzene rings is 1. The third-order valence-electron chi connectivity index (χ3n) is 2.03. The summed E-state index contributed by atoms with van der Waals surface area (Å²) in [5.41, 5.74) is 1.21. The van der Waals surface area contributed by atoms with E-state index < -0.39 is 0 Å². The van der Waals surface area contributed by atoms with Crippen LogP contribution in [-0.4, -0.2) is 19.8 Å². The van der Waals surface area contributed by atoms with E-state index in [1.807, 2.05) is 12.1 Å². The molecule has 0 aromatic heterocycles. The second-order valence-electron chi connectivity index (χ2n) is 2.83. The monoisotopic (exact) mass is 215 g/mol. The summed E-state index contributed by atoms with van der Waals surface area (Å²) < 4.78 is 0. The van der Waals surface area contributed by atoms with Gasteiger partial charge >= 0.3 is 0 Å². The summed E-state index contributed by atoms with van der Waals surface area (Å²) in [5, 5.41) is 0.799. The lowest BCUT2D eigenvalue weighted by Crippen LogP contribution is -2.16. The molecule has 0 unspecified atom stereocenters. The topological polar surface area (TPSA) is 3.24 Å². The molecule has 1 aromatic carbocycles. The molecule has 0 amide bonds. The van der Waals surface area contributed by atoms with E-state index in [1.165, 1.54) is 10.6 Å². The number of thioether (sulfide) groups is 1. The van der Waals surface area contributed by atoms with Crippen LogP contribution in [0.1, 0.15) is 6.92 Å². The van der Waals surface area contributed by atoms with E-state index in [0.29, 0.717) is 0 Å². The van der Waals surface area contributed by atoms with Crippen molar-refractivity contribution in [3.63, 3.8) is 0 Å². The lowest BCUT2D eigenvalue weighted by atomic mass is 10.3. The summed E-state index contributed by atoms with van der Waals surface area (Å²) in [6.07, 6.45) is 2.08. The van der Waals surface area contributed by atoms with Gasteiger partial charge in [-0.1, -0.05) is 11.6 Å². The maximum atomic E-state index is 5.94. The van der Waals surface area contributed by atoms with Gasteiger partial charge in [-0.3, -0.25) is 0 Å². The predicted octanol–water partition coefficient (Wildman–Crippen LogP) is 3.52. The fourth-order valence-corrected chi connectivity index (χ4v) is 1.93. The molecule has 3 heteroatoms. The first kappa shape index (κ1) is 10.7. The van der Waals surface area contributed by atoms with Gasteiger partial charge in [0.2, 0.25) is 0 Å². The van der Waals surface area contributed by atoms with Crippen LogP contribution in [0.2, 0.25) is 5.02 Å². The predicted molar refractivity (Wildman–Crippen MR) is 62.2 cm³/mol. The summed E-state index contributed by atoms with van der Waals surface area (Å²) >= 11 is 7.69. The normalized spacial score (nSPS) is 10.2. The Hall–Kier alpha value is -0.340. The zero-order valence-corrected chi connectivity index (χ0v) is 9.75. The van der Waals surface area contributed by atoms with Crippen LogP contribution >= 0.6 is 23.4 Å². The highest BCUT2D eigenvalue weighted by molar-refractivity contribution is 7.98. The van der Waals surface area contributed by atoms with Gasteiger partial charge in [0.25, 0.3) is 0 Å². The minimum Gasteiger partial charge on any atom is -0.374 e. The molecule has 0 fully saturated rings. The quantitative estimate of drug-likeness (QED) is 0.710. The van der Waals surface area contributed by atoms with Crippen molar-refractivity contribution in [2.24, 2.45) is 0 Å². The van der Waals surface area contributed by atoms with E-state index in [-0.39, 0.29) is 0 Å². The molecule has 0 aliphatic heterocycles. The first-order valence-electron chi connectivity index (χ1n) is 4.23. The highest BCUT2D eigenvalue weighted by Crippen LogP contribution is 2.30. The standard InChI is InChI=1S/C10H14ClNS/c1-4-12(2)9-7-8(11)5-6-10(9)13-3/h5-7H,4H2,1-3H3. The van der Waals surface area contributed by atoms with Gasteiger partial charge in [0.1, 0.15) is 0 Å². The second kappa shape index (κ2) is 4.77. The summed E-state index contributed by atoms with van der Waals surface area (Å²) in [6, 6.07) is 6.01. The van der Waals surface area contributed by atoms with Crippen molar-refractivity contribution in [1.29, 1.82) is 0 Å². The average Bonchev–Trinajstić information content (AvgIpc) is 2.16. The Morgan fingerprint density at radius 2 is 2.15 bits per heavy atom. The van der Waals surface area contributed by atoms with Gasteiger partial charge in [0, 0.05) is 23.5 Å². The molecular weight excluding hydrogens is 202 g/mol. The van der Waals surface area contributed by atoms with E-state index >= 15 is 0 Å². The van der Waals surface area contributed by atoms with Crippen LogP contribution in [0.25, 0.3) is 0 Å². The molecule has 1 nitrogen and oxygen atoms in total. The molecule has 72 valence electrons. The van der Waals surface area contributed by atoms with Gasteiger partial charge in [-0.25, -0.2) is 0 Å². The maximum Gasteiger partial charge on any atom is 0.0516 e. The zero-order chi connectivity index (χ0) is 9.84. The molecular formula is C10H14ClNS. The van der Waals surface area contributed by atoms with Crippen LogP contribution < -0.4 is 4.90 Å². The lowest BCUT2D eigenvalue weighted by molar-refractivity contribution is 0.953. The largest absolute Gasteiger partial charge is 0.374 e. The molecule has 0 aliphatic carbocycles. The van der Waals surface area contributed by atoms with E-state index in [9.17, 15) is 0 Å². The Labute approximate surface area is 89.1 Å². The summed E-state index contributed by atoms with van der Waals surface area (Å²) in [7, 11) is 2.07. The van der Waals surface area contributed by atoms with Crippen molar-refractivity contribution in [1.82, 2.24) is 0 Å². The van der Waals surface area contributed by atoms with Crippen LogP contribution in [0, 0.1) is 0 Å². The van der Waals surface area contributed by atoms with Gasteiger partial charge in [-0.2, -0.15) is 0 Å². The van der Waals surface area contributed by atoms with E-state index in [1.54, 1.807) is 11.8 Å². The first-order chi connectivity index (χ1) is 6.19. The van der Waals surface area contributed by atoms with Crippen molar-refractivity contribution < 1.29 is 0 Å². The molecule has 0 bridgehead atoms. The molecule has 1 aromatic rings. The zero-order valence-electron chi connectivity index (χ0n) is 8.17. The average molecular weight is 216 g/mol. The Kier molecular flexibility index (Phi) is 3.94. The van der Waals surface area contributed by atoms with Crippen LogP contribution in [0.3, 0.4) is 0 Å². The number of halogens is 1. The fourth-order valence-electron chi connectivity index (χ4n) is 1.13. The second-order valence-corrected chi connectivity index (χ2v) is 4.11. The molecule has 0 saturated carbocycles. The van der Waals surface area contributed by atoms with Gasteiger partial charge in [-0.15, -0.1) is 11.8 Å². The molecule has 0 heterocycles. The molecule has 0 aliphatic rings. The SMILES string of the molecule is CCN(C)c1cc(Cl)ccc1SC. The molecule has 0 radical (unpaired) electrons. The minimum absolute atomic E-state index is 0.799. The Morgan fingerprint density at radius 1 is 1.46 bits per heavy atom. The molecule has 0 saturated heterocycles. The van der Waals surface area contributed by atoms with Gasteiger partial charge in [-0.05, 0) is 31.4 Å². The molecule has 1 rings (SSSR count). The fraction of sp³-hybridized carbons (Fsp3) is 0.400. The molecule has 0 atom stereocenters. The van der Waals surface area contributed by atoms with Crippen LogP contribution in [-0.2, 0) is 0 Å². The van der Waals surface area contributed by atoms with Crippen molar-refractivity contribution in [2.45, 2.75) is 11.8 Å². The minimum atomic E-state index is 0.799. The van der Waals surface area contributed by atoms with E-state index in [2.05, 4.69) is 31.2 Å². The highest BCUT2D eigenvalue weighted by atomic mass is 35.5. The number of hydrogen-bond acceptors (Lipinski definition) is 2. The summed E-state index contributed by atoms with van der Waals surface area (Å²) in [5.74, 6) is 0. The number of hydrogen-bond donors (Lipinski definition) is 0. The highest BCUT2D eigenvalue weighted by Gasteiger charge is 2.05. The number of rotatable bonds is 3. The third-order valence-corrected chi connectivity index (χ3v) is 3.05. The number of anilines is 1.